The number of hydrogen-bond donors (Lipinski definition) is 0. The van der Waals surface area contributed by atoms with Gasteiger partial charge in [-0.3, -0.25) is 0 Å². The first-order valence-electron chi connectivity index (χ1n) is 9.00. The average molecular weight is 394 g/mol. The van der Waals surface area contributed by atoms with Gasteiger partial charge in [-0.2, -0.15) is 0 Å². The number of sulfone groups is 1. The van der Waals surface area contributed by atoms with Crippen molar-refractivity contribution in [2.75, 3.05) is 12.0 Å². The Kier molecular flexibility index (Phi) is 6.26. The maximum Gasteiger partial charge on any atom is 0.153 e. The summed E-state index contributed by atoms with van der Waals surface area (Å²) in [5.41, 5.74) is 5.56. The van der Waals surface area contributed by atoms with Crippen molar-refractivity contribution >= 4 is 15.5 Å². The van der Waals surface area contributed by atoms with Gasteiger partial charge in [0.25, 0.3) is 0 Å². The first-order valence-corrected chi connectivity index (χ1v) is 11.1. The third kappa shape index (κ3) is 5.30. The summed E-state index contributed by atoms with van der Waals surface area (Å²) >= 11 is 0. The van der Waals surface area contributed by atoms with Gasteiger partial charge in [-0.15, -0.1) is 0 Å². The minimum absolute atomic E-state index is 0.167. The topological polar surface area (TPSA) is 55.7 Å². The van der Waals surface area contributed by atoms with Gasteiger partial charge < -0.3 is 4.84 Å². The van der Waals surface area contributed by atoms with Crippen LogP contribution in [-0.4, -0.2) is 26.1 Å². The van der Waals surface area contributed by atoms with Crippen LogP contribution in [0.4, 0.5) is 0 Å². The molecule has 0 radical (unpaired) electrons. The molecule has 3 aromatic rings. The molecule has 0 spiro atoms. The highest BCUT2D eigenvalue weighted by atomic mass is 32.2. The van der Waals surface area contributed by atoms with Crippen LogP contribution in [0.1, 0.15) is 16.7 Å². The van der Waals surface area contributed by atoms with Gasteiger partial charge in [-0.25, -0.2) is 8.42 Å². The number of nitrogens with zero attached hydrogens (tertiary/aromatic N) is 1. The van der Waals surface area contributed by atoms with Crippen molar-refractivity contribution in [2.24, 2.45) is 5.16 Å². The van der Waals surface area contributed by atoms with Crippen molar-refractivity contribution in [3.05, 3.63) is 95.6 Å². The van der Waals surface area contributed by atoms with Gasteiger partial charge in [0.15, 0.2) is 9.84 Å². The SMILES string of the molecule is Cc1c(CO/N=C(\CS(C)(=O)=O)c2ccccc2)cccc1-c1ccccc1. The molecule has 0 aromatic heterocycles. The van der Waals surface area contributed by atoms with E-state index in [4.69, 9.17) is 4.84 Å². The Morgan fingerprint density at radius 1 is 0.893 bits per heavy atom. The van der Waals surface area contributed by atoms with Crippen LogP contribution in [0.5, 0.6) is 0 Å². The van der Waals surface area contributed by atoms with Crippen LogP contribution < -0.4 is 0 Å². The van der Waals surface area contributed by atoms with E-state index in [9.17, 15) is 8.42 Å². The van der Waals surface area contributed by atoms with Gasteiger partial charge >= 0.3 is 0 Å². The Hall–Kier alpha value is -2.92. The van der Waals surface area contributed by atoms with E-state index in [2.05, 4.69) is 30.3 Å². The lowest BCUT2D eigenvalue weighted by atomic mass is 9.97. The molecular weight excluding hydrogens is 370 g/mol. The zero-order chi connectivity index (χ0) is 20.0. The van der Waals surface area contributed by atoms with Crippen molar-refractivity contribution in [1.82, 2.24) is 0 Å². The van der Waals surface area contributed by atoms with Crippen molar-refractivity contribution in [2.45, 2.75) is 13.5 Å². The summed E-state index contributed by atoms with van der Waals surface area (Å²) in [6.45, 7) is 2.33. The summed E-state index contributed by atoms with van der Waals surface area (Å²) in [5.74, 6) is -0.167. The molecular formula is C23H23NO3S. The fraction of sp³-hybridized carbons (Fsp3) is 0.174. The van der Waals surface area contributed by atoms with Crippen LogP contribution in [0, 0.1) is 6.92 Å². The standard InChI is InChI=1S/C23H23NO3S/c1-18-21(14-9-15-22(18)19-10-5-3-6-11-19)16-27-24-23(17-28(2,25)26)20-12-7-4-8-13-20/h3-15H,16-17H2,1-2H3/b24-23+. The third-order valence-corrected chi connectivity index (χ3v) is 5.23. The molecule has 0 saturated heterocycles. The molecule has 0 aliphatic rings. The lowest BCUT2D eigenvalue weighted by Gasteiger charge is -2.11. The Morgan fingerprint density at radius 2 is 1.54 bits per heavy atom. The Bertz CT molecular complexity index is 1060. The second-order valence-electron chi connectivity index (χ2n) is 6.70. The van der Waals surface area contributed by atoms with Crippen molar-refractivity contribution < 1.29 is 13.3 Å². The van der Waals surface area contributed by atoms with E-state index in [0.29, 0.717) is 5.71 Å². The highest BCUT2D eigenvalue weighted by Gasteiger charge is 2.13. The largest absolute Gasteiger partial charge is 0.391 e. The average Bonchev–Trinajstić information content (AvgIpc) is 2.69. The summed E-state index contributed by atoms with van der Waals surface area (Å²) in [4.78, 5) is 5.58. The minimum Gasteiger partial charge on any atom is -0.391 e. The Labute approximate surface area is 166 Å². The number of rotatable bonds is 7. The van der Waals surface area contributed by atoms with Crippen molar-refractivity contribution in [1.29, 1.82) is 0 Å². The number of hydrogen-bond acceptors (Lipinski definition) is 4. The summed E-state index contributed by atoms with van der Waals surface area (Å²) in [6.07, 6.45) is 1.19. The van der Waals surface area contributed by atoms with Gasteiger partial charge in [0.05, 0.1) is 5.75 Å². The fourth-order valence-corrected chi connectivity index (χ4v) is 3.71. The van der Waals surface area contributed by atoms with E-state index >= 15 is 0 Å². The first kappa shape index (κ1) is 19.8. The maximum absolute atomic E-state index is 11.8. The number of benzene rings is 3. The fourth-order valence-electron chi connectivity index (χ4n) is 2.99. The Balaban J connectivity index is 1.82. The predicted molar refractivity (Wildman–Crippen MR) is 114 cm³/mol. The molecule has 5 heteroatoms. The predicted octanol–water partition coefficient (Wildman–Crippen LogP) is 4.63. The van der Waals surface area contributed by atoms with Crippen LogP contribution in [0.3, 0.4) is 0 Å². The molecule has 0 atom stereocenters. The minimum atomic E-state index is -3.23. The van der Waals surface area contributed by atoms with Gasteiger partial charge in [-0.1, -0.05) is 84.0 Å². The van der Waals surface area contributed by atoms with Gasteiger partial charge in [-0.05, 0) is 29.2 Å². The van der Waals surface area contributed by atoms with E-state index in [1.54, 1.807) is 0 Å². The van der Waals surface area contributed by atoms with Gasteiger partial charge in [0.1, 0.15) is 12.3 Å². The molecule has 0 heterocycles. The quantitative estimate of drug-likeness (QED) is 0.434. The molecule has 0 fully saturated rings. The highest BCUT2D eigenvalue weighted by molar-refractivity contribution is 7.91. The molecule has 28 heavy (non-hydrogen) atoms. The van der Waals surface area contributed by atoms with Gasteiger partial charge in [0.2, 0.25) is 0 Å². The Morgan fingerprint density at radius 3 is 2.18 bits per heavy atom. The molecule has 0 saturated carbocycles. The second-order valence-corrected chi connectivity index (χ2v) is 8.84. The maximum atomic E-state index is 11.8. The molecule has 4 nitrogen and oxygen atoms in total. The van der Waals surface area contributed by atoms with Crippen molar-refractivity contribution in [3.8, 4) is 11.1 Å². The van der Waals surface area contributed by atoms with E-state index in [1.807, 2.05) is 60.7 Å². The molecule has 0 unspecified atom stereocenters. The van der Waals surface area contributed by atoms with E-state index in [1.165, 1.54) is 6.26 Å². The summed E-state index contributed by atoms with van der Waals surface area (Å²) < 4.78 is 23.5. The summed E-state index contributed by atoms with van der Waals surface area (Å²) in [7, 11) is -3.23. The lowest BCUT2D eigenvalue weighted by molar-refractivity contribution is 0.130. The molecule has 0 aliphatic carbocycles. The lowest BCUT2D eigenvalue weighted by Crippen LogP contribution is -2.16. The van der Waals surface area contributed by atoms with Crippen LogP contribution in [0.2, 0.25) is 0 Å². The number of oxime groups is 1. The van der Waals surface area contributed by atoms with E-state index in [-0.39, 0.29) is 12.4 Å². The molecule has 0 amide bonds. The van der Waals surface area contributed by atoms with Crippen LogP contribution >= 0.6 is 0 Å². The molecule has 3 aromatic carbocycles. The van der Waals surface area contributed by atoms with Crippen LogP contribution in [-0.2, 0) is 21.3 Å². The zero-order valence-electron chi connectivity index (χ0n) is 16.0. The smallest absolute Gasteiger partial charge is 0.153 e. The van der Waals surface area contributed by atoms with E-state index in [0.717, 1.165) is 27.8 Å². The zero-order valence-corrected chi connectivity index (χ0v) is 16.8. The molecule has 0 aliphatic heterocycles. The second kappa shape index (κ2) is 8.85. The summed E-state index contributed by atoms with van der Waals surface area (Å²) in [6, 6.07) is 25.5. The molecule has 3 rings (SSSR count). The first-order chi connectivity index (χ1) is 13.4. The van der Waals surface area contributed by atoms with Crippen LogP contribution in [0.25, 0.3) is 11.1 Å². The van der Waals surface area contributed by atoms with Crippen LogP contribution in [0.15, 0.2) is 84.0 Å². The molecule has 0 N–H and O–H groups in total. The van der Waals surface area contributed by atoms with Crippen molar-refractivity contribution in [3.63, 3.8) is 0 Å². The monoisotopic (exact) mass is 393 g/mol. The highest BCUT2D eigenvalue weighted by Crippen LogP contribution is 2.26. The third-order valence-electron chi connectivity index (χ3n) is 4.43. The van der Waals surface area contributed by atoms with Gasteiger partial charge in [0, 0.05) is 11.8 Å². The normalized spacial score (nSPS) is 12.0. The van der Waals surface area contributed by atoms with E-state index < -0.39 is 9.84 Å². The summed E-state index contributed by atoms with van der Waals surface area (Å²) in [5, 5.41) is 4.16. The molecule has 144 valence electrons. The molecule has 0 bridgehead atoms.